The number of carbonyl (C=O) groups is 2. The first-order chi connectivity index (χ1) is 6.74. The molecule has 1 aromatic rings. The molecule has 1 heterocycles. The Labute approximate surface area is 84.8 Å². The summed E-state index contributed by atoms with van der Waals surface area (Å²) in [7, 11) is 0. The molecule has 6 heteroatoms. The van der Waals surface area contributed by atoms with Gasteiger partial charge in [0, 0.05) is 18.1 Å². The van der Waals surface area contributed by atoms with Gasteiger partial charge in [-0.25, -0.2) is 4.98 Å². The molecule has 2 amide bonds. The number of hydrogen-bond acceptors (Lipinski definition) is 4. The van der Waals surface area contributed by atoms with Gasteiger partial charge < -0.3 is 5.32 Å². The van der Waals surface area contributed by atoms with Crippen LogP contribution in [0.25, 0.3) is 0 Å². The fourth-order valence-corrected chi connectivity index (χ4v) is 1.21. The van der Waals surface area contributed by atoms with Gasteiger partial charge in [0.05, 0.1) is 0 Å². The Hall–Kier alpha value is -1.69. The van der Waals surface area contributed by atoms with Gasteiger partial charge in [0.1, 0.15) is 0 Å². The van der Waals surface area contributed by atoms with Crippen molar-refractivity contribution in [2.45, 2.75) is 0 Å². The van der Waals surface area contributed by atoms with Gasteiger partial charge in [-0.3, -0.25) is 14.9 Å². The normalized spacial score (nSPS) is 9.14. The summed E-state index contributed by atoms with van der Waals surface area (Å²) < 4.78 is 0. The predicted octanol–water partition coefficient (Wildman–Crippen LogP) is 0.384. The van der Waals surface area contributed by atoms with Crippen molar-refractivity contribution in [2.24, 2.45) is 0 Å². The summed E-state index contributed by atoms with van der Waals surface area (Å²) in [5.74, 6) is -1.41. The second-order valence-electron chi connectivity index (χ2n) is 2.29. The minimum Gasteiger partial charge on any atom is -0.344 e. The fourth-order valence-electron chi connectivity index (χ4n) is 0.684. The lowest BCUT2D eigenvalue weighted by Gasteiger charge is -2.00. The lowest BCUT2D eigenvalue weighted by molar-refractivity contribution is -0.136. The monoisotopic (exact) mass is 211 g/mol. The smallest absolute Gasteiger partial charge is 0.315 e. The zero-order valence-electron chi connectivity index (χ0n) is 7.32. The summed E-state index contributed by atoms with van der Waals surface area (Å²) in [6.07, 6.45) is 3.04. The van der Waals surface area contributed by atoms with Crippen molar-refractivity contribution >= 4 is 28.3 Å². The van der Waals surface area contributed by atoms with Crippen LogP contribution >= 0.6 is 11.3 Å². The fraction of sp³-hybridized carbons (Fsp3) is 0.125. The van der Waals surface area contributed by atoms with E-state index in [4.69, 9.17) is 0 Å². The Bertz CT molecular complexity index is 334. The van der Waals surface area contributed by atoms with Crippen LogP contribution in [0.5, 0.6) is 0 Å². The maximum absolute atomic E-state index is 11.1. The van der Waals surface area contributed by atoms with Gasteiger partial charge in [-0.15, -0.1) is 17.9 Å². The molecule has 74 valence electrons. The molecule has 0 spiro atoms. The van der Waals surface area contributed by atoms with Crippen LogP contribution in [0.2, 0.25) is 0 Å². The van der Waals surface area contributed by atoms with E-state index in [2.05, 4.69) is 22.2 Å². The summed E-state index contributed by atoms with van der Waals surface area (Å²) in [6, 6.07) is 0. The minimum absolute atomic E-state index is 0.268. The number of hydrogen-bond donors (Lipinski definition) is 2. The van der Waals surface area contributed by atoms with Gasteiger partial charge in [-0.2, -0.15) is 0 Å². The molecule has 0 atom stereocenters. The molecule has 2 N–H and O–H groups in total. The van der Waals surface area contributed by atoms with Gasteiger partial charge in [0.25, 0.3) is 0 Å². The van der Waals surface area contributed by atoms with Crippen LogP contribution in [0.3, 0.4) is 0 Å². The average Bonchev–Trinajstić information content (AvgIpc) is 2.66. The van der Waals surface area contributed by atoms with Gasteiger partial charge >= 0.3 is 11.8 Å². The number of nitrogens with zero attached hydrogens (tertiary/aromatic N) is 1. The lowest BCUT2D eigenvalue weighted by atomic mass is 10.5. The molecule has 5 nitrogen and oxygen atoms in total. The van der Waals surface area contributed by atoms with Crippen LogP contribution in [0, 0.1) is 0 Å². The Morgan fingerprint density at radius 2 is 2.36 bits per heavy atom. The Balaban J connectivity index is 2.42. The van der Waals surface area contributed by atoms with E-state index in [-0.39, 0.29) is 6.54 Å². The van der Waals surface area contributed by atoms with E-state index in [0.29, 0.717) is 5.13 Å². The van der Waals surface area contributed by atoms with Crippen molar-refractivity contribution in [1.82, 2.24) is 10.3 Å². The molecule has 1 rings (SSSR count). The molecule has 0 bridgehead atoms. The van der Waals surface area contributed by atoms with Crippen molar-refractivity contribution in [3.63, 3.8) is 0 Å². The highest BCUT2D eigenvalue weighted by molar-refractivity contribution is 7.13. The Morgan fingerprint density at radius 3 is 2.93 bits per heavy atom. The third-order valence-electron chi connectivity index (χ3n) is 1.27. The first-order valence-electron chi connectivity index (χ1n) is 3.83. The number of carbonyl (C=O) groups excluding carboxylic acids is 2. The van der Waals surface area contributed by atoms with Crippen molar-refractivity contribution in [2.75, 3.05) is 11.9 Å². The van der Waals surface area contributed by atoms with Crippen molar-refractivity contribution in [1.29, 1.82) is 0 Å². The van der Waals surface area contributed by atoms with Crippen LogP contribution in [0.4, 0.5) is 5.13 Å². The molecule has 1 aromatic heterocycles. The summed E-state index contributed by atoms with van der Waals surface area (Å²) in [5, 5.41) is 6.82. The first-order valence-corrected chi connectivity index (χ1v) is 4.71. The molecule has 0 fully saturated rings. The molecule has 0 saturated carbocycles. The molecule has 0 unspecified atom stereocenters. The zero-order valence-corrected chi connectivity index (χ0v) is 8.13. The minimum atomic E-state index is -0.721. The predicted molar refractivity (Wildman–Crippen MR) is 54.0 cm³/mol. The highest BCUT2D eigenvalue weighted by Gasteiger charge is 2.12. The molecule has 0 aliphatic rings. The summed E-state index contributed by atoms with van der Waals surface area (Å²) in [4.78, 5) is 26.0. The van der Waals surface area contributed by atoms with Crippen LogP contribution < -0.4 is 10.6 Å². The van der Waals surface area contributed by atoms with E-state index in [1.807, 2.05) is 0 Å². The van der Waals surface area contributed by atoms with Gasteiger partial charge in [-0.1, -0.05) is 6.08 Å². The van der Waals surface area contributed by atoms with Crippen LogP contribution in [0.1, 0.15) is 0 Å². The van der Waals surface area contributed by atoms with E-state index in [1.165, 1.54) is 17.4 Å². The third-order valence-corrected chi connectivity index (χ3v) is 1.95. The lowest BCUT2D eigenvalue weighted by Crippen LogP contribution is -2.35. The quantitative estimate of drug-likeness (QED) is 0.561. The number of nitrogens with one attached hydrogen (secondary N) is 2. The number of thiazole rings is 1. The number of amides is 2. The molecule has 0 saturated heterocycles. The maximum atomic E-state index is 11.1. The second-order valence-corrected chi connectivity index (χ2v) is 3.18. The highest BCUT2D eigenvalue weighted by atomic mass is 32.1. The molecular weight excluding hydrogens is 202 g/mol. The van der Waals surface area contributed by atoms with Crippen molar-refractivity contribution < 1.29 is 9.59 Å². The van der Waals surface area contributed by atoms with Crippen molar-refractivity contribution in [3.8, 4) is 0 Å². The topological polar surface area (TPSA) is 71.1 Å². The van der Waals surface area contributed by atoms with Gasteiger partial charge in [0.15, 0.2) is 5.13 Å². The first kappa shape index (κ1) is 10.4. The third kappa shape index (κ3) is 2.98. The second kappa shape index (κ2) is 5.13. The van der Waals surface area contributed by atoms with E-state index in [9.17, 15) is 9.59 Å². The van der Waals surface area contributed by atoms with E-state index < -0.39 is 11.8 Å². The molecular formula is C8H9N3O2S. The molecule has 0 aliphatic heterocycles. The van der Waals surface area contributed by atoms with Gasteiger partial charge in [0.2, 0.25) is 0 Å². The molecule has 0 aliphatic carbocycles. The maximum Gasteiger partial charge on any atom is 0.315 e. The number of anilines is 1. The SMILES string of the molecule is C=CCNC(=O)C(=O)Nc1nccs1. The molecule has 0 radical (unpaired) electrons. The highest BCUT2D eigenvalue weighted by Crippen LogP contribution is 2.09. The Kier molecular flexibility index (Phi) is 3.81. The largest absolute Gasteiger partial charge is 0.344 e. The molecule has 0 aromatic carbocycles. The Morgan fingerprint density at radius 1 is 1.57 bits per heavy atom. The average molecular weight is 211 g/mol. The van der Waals surface area contributed by atoms with Crippen LogP contribution in [-0.2, 0) is 9.59 Å². The zero-order chi connectivity index (χ0) is 10.4. The molecule has 14 heavy (non-hydrogen) atoms. The van der Waals surface area contributed by atoms with Crippen molar-refractivity contribution in [3.05, 3.63) is 24.2 Å². The summed E-state index contributed by atoms with van der Waals surface area (Å²) in [6.45, 7) is 3.68. The van der Waals surface area contributed by atoms with E-state index >= 15 is 0 Å². The number of aromatic nitrogens is 1. The summed E-state index contributed by atoms with van der Waals surface area (Å²) in [5.41, 5.74) is 0. The van der Waals surface area contributed by atoms with Crippen LogP contribution in [-0.4, -0.2) is 23.3 Å². The van der Waals surface area contributed by atoms with Gasteiger partial charge in [-0.05, 0) is 0 Å². The standard InChI is InChI=1S/C8H9N3O2S/c1-2-3-9-6(12)7(13)11-8-10-4-5-14-8/h2,4-5H,1,3H2,(H,9,12)(H,10,11,13). The van der Waals surface area contributed by atoms with Crippen LogP contribution in [0.15, 0.2) is 24.2 Å². The number of rotatable bonds is 3. The van der Waals surface area contributed by atoms with E-state index in [0.717, 1.165) is 0 Å². The summed E-state index contributed by atoms with van der Waals surface area (Å²) >= 11 is 1.25. The van der Waals surface area contributed by atoms with E-state index in [1.54, 1.807) is 11.6 Å².